The van der Waals surface area contributed by atoms with Gasteiger partial charge < -0.3 is 5.32 Å². The van der Waals surface area contributed by atoms with Crippen molar-refractivity contribution in [1.29, 1.82) is 0 Å². The Morgan fingerprint density at radius 3 is 2.74 bits per heavy atom. The average molecular weight is 289 g/mol. The lowest BCUT2D eigenvalue weighted by atomic mass is 9.96. The van der Waals surface area contributed by atoms with Crippen molar-refractivity contribution in [1.82, 2.24) is 10.3 Å². The number of hydrogen-bond acceptors (Lipinski definition) is 4. The highest BCUT2D eigenvalue weighted by Crippen LogP contribution is 2.31. The molecule has 0 radical (unpaired) electrons. The van der Waals surface area contributed by atoms with Gasteiger partial charge in [-0.15, -0.1) is 11.3 Å². The van der Waals surface area contributed by atoms with Crippen LogP contribution in [0.3, 0.4) is 0 Å². The van der Waals surface area contributed by atoms with E-state index in [1.54, 1.807) is 6.20 Å². The predicted octanol–water partition coefficient (Wildman–Crippen LogP) is 2.38. The highest BCUT2D eigenvalue weighted by Gasteiger charge is 2.42. The minimum atomic E-state index is -2.80. The molecule has 1 aliphatic heterocycles. The molecule has 1 amide bonds. The number of anilines is 1. The number of nitrogens with zero attached hydrogens (tertiary/aromatic N) is 1. The second-order valence-electron chi connectivity index (χ2n) is 5.76. The van der Waals surface area contributed by atoms with Gasteiger partial charge in [0.05, 0.1) is 12.6 Å². The molecule has 2 N–H and O–H groups in total. The summed E-state index contributed by atoms with van der Waals surface area (Å²) in [4.78, 5) is 17.0. The van der Waals surface area contributed by atoms with Crippen LogP contribution in [0.4, 0.5) is 13.9 Å². The predicted molar refractivity (Wildman–Crippen MR) is 70.8 cm³/mol. The zero-order valence-electron chi connectivity index (χ0n) is 11.1. The Morgan fingerprint density at radius 1 is 1.58 bits per heavy atom. The average Bonchev–Trinajstić information content (AvgIpc) is 2.83. The summed E-state index contributed by atoms with van der Waals surface area (Å²) >= 11 is 1.37. The Labute approximate surface area is 114 Å². The van der Waals surface area contributed by atoms with Gasteiger partial charge in [0.1, 0.15) is 0 Å². The van der Waals surface area contributed by atoms with Gasteiger partial charge in [-0.2, -0.15) is 0 Å². The van der Waals surface area contributed by atoms with Crippen molar-refractivity contribution in [3.63, 3.8) is 0 Å². The van der Waals surface area contributed by atoms with E-state index in [9.17, 15) is 13.6 Å². The Balaban J connectivity index is 1.98. The lowest BCUT2D eigenvalue weighted by molar-refractivity contribution is -0.118. The van der Waals surface area contributed by atoms with Crippen molar-refractivity contribution in [2.75, 3.05) is 11.9 Å². The maximum atomic E-state index is 13.0. The van der Waals surface area contributed by atoms with E-state index in [1.807, 2.05) is 20.8 Å². The number of carbonyl (C=O) groups is 1. The quantitative estimate of drug-likeness (QED) is 0.879. The molecule has 1 fully saturated rings. The Kier molecular flexibility index (Phi) is 3.61. The number of carbonyl (C=O) groups excluding carboxylic acids is 1. The second kappa shape index (κ2) is 4.79. The molecular formula is C12H17F2N3OS. The third-order valence-electron chi connectivity index (χ3n) is 2.90. The van der Waals surface area contributed by atoms with Gasteiger partial charge in [-0.3, -0.25) is 10.1 Å². The molecule has 0 aliphatic carbocycles. The fourth-order valence-corrected chi connectivity index (χ4v) is 2.65. The number of thiazole rings is 1. The van der Waals surface area contributed by atoms with E-state index in [2.05, 4.69) is 15.6 Å². The molecule has 1 unspecified atom stereocenters. The van der Waals surface area contributed by atoms with Gasteiger partial charge in [0, 0.05) is 17.5 Å². The summed E-state index contributed by atoms with van der Waals surface area (Å²) < 4.78 is 26.0. The number of alkyl halides is 2. The summed E-state index contributed by atoms with van der Waals surface area (Å²) in [7, 11) is 0. The van der Waals surface area contributed by atoms with Crippen LogP contribution < -0.4 is 10.6 Å². The molecule has 0 spiro atoms. The standard InChI is InChI=1S/C12H17F2N3OS/c1-11(2,3)8-5-15-10(19-8)17-9(18)7-4-12(13,14)6-16-7/h5,7,16H,4,6H2,1-3H3,(H,15,17,18). The zero-order valence-corrected chi connectivity index (χ0v) is 11.9. The molecule has 1 saturated heterocycles. The third kappa shape index (κ3) is 3.48. The third-order valence-corrected chi connectivity index (χ3v) is 4.24. The highest BCUT2D eigenvalue weighted by molar-refractivity contribution is 7.15. The maximum absolute atomic E-state index is 13.0. The summed E-state index contributed by atoms with van der Waals surface area (Å²) in [6.07, 6.45) is 1.24. The van der Waals surface area contributed by atoms with Gasteiger partial charge in [0.25, 0.3) is 5.92 Å². The smallest absolute Gasteiger partial charge is 0.262 e. The molecule has 0 bridgehead atoms. The van der Waals surface area contributed by atoms with Crippen LogP contribution in [-0.4, -0.2) is 29.4 Å². The summed E-state index contributed by atoms with van der Waals surface area (Å²) in [6.45, 7) is 5.69. The fraction of sp³-hybridized carbons (Fsp3) is 0.667. The van der Waals surface area contributed by atoms with Crippen LogP contribution in [0.15, 0.2) is 6.20 Å². The molecule has 1 aromatic heterocycles. The first kappa shape index (κ1) is 14.3. The summed E-state index contributed by atoms with van der Waals surface area (Å²) in [5.74, 6) is -3.26. The Bertz CT molecular complexity index is 482. The van der Waals surface area contributed by atoms with Crippen molar-refractivity contribution in [2.45, 2.75) is 44.6 Å². The van der Waals surface area contributed by atoms with Gasteiger partial charge >= 0.3 is 0 Å². The van der Waals surface area contributed by atoms with E-state index in [4.69, 9.17) is 0 Å². The molecule has 1 aromatic rings. The monoisotopic (exact) mass is 289 g/mol. The summed E-state index contributed by atoms with van der Waals surface area (Å²) in [6, 6.07) is -0.850. The second-order valence-corrected chi connectivity index (χ2v) is 6.79. The number of aromatic nitrogens is 1. The van der Waals surface area contributed by atoms with E-state index < -0.39 is 30.8 Å². The number of amides is 1. The molecular weight excluding hydrogens is 272 g/mol. The largest absolute Gasteiger partial charge is 0.301 e. The van der Waals surface area contributed by atoms with Crippen molar-refractivity contribution in [2.24, 2.45) is 0 Å². The number of hydrogen-bond donors (Lipinski definition) is 2. The number of nitrogens with one attached hydrogen (secondary N) is 2. The summed E-state index contributed by atoms with van der Waals surface area (Å²) in [5.41, 5.74) is -0.0424. The van der Waals surface area contributed by atoms with Crippen molar-refractivity contribution in [3.05, 3.63) is 11.1 Å². The van der Waals surface area contributed by atoms with Gasteiger partial charge in [-0.25, -0.2) is 13.8 Å². The topological polar surface area (TPSA) is 54.0 Å². The van der Waals surface area contributed by atoms with E-state index in [1.165, 1.54) is 11.3 Å². The minimum Gasteiger partial charge on any atom is -0.301 e. The summed E-state index contributed by atoms with van der Waals surface area (Å²) in [5, 5.41) is 5.56. The number of halogens is 2. The Morgan fingerprint density at radius 2 is 2.26 bits per heavy atom. The van der Waals surface area contributed by atoms with Crippen LogP contribution in [0.2, 0.25) is 0 Å². The van der Waals surface area contributed by atoms with Crippen molar-refractivity contribution < 1.29 is 13.6 Å². The van der Waals surface area contributed by atoms with Crippen LogP contribution in [-0.2, 0) is 10.2 Å². The molecule has 2 heterocycles. The first-order chi connectivity index (χ1) is 8.67. The minimum absolute atomic E-state index is 0.0424. The fourth-order valence-electron chi connectivity index (χ4n) is 1.77. The molecule has 4 nitrogen and oxygen atoms in total. The molecule has 7 heteroatoms. The van der Waals surface area contributed by atoms with Gasteiger partial charge in [-0.1, -0.05) is 20.8 Å². The number of rotatable bonds is 2. The lowest BCUT2D eigenvalue weighted by Gasteiger charge is -2.14. The van der Waals surface area contributed by atoms with Crippen LogP contribution in [0.5, 0.6) is 0 Å². The maximum Gasteiger partial charge on any atom is 0.262 e. The van der Waals surface area contributed by atoms with Crippen LogP contribution in [0.1, 0.15) is 32.1 Å². The molecule has 19 heavy (non-hydrogen) atoms. The zero-order chi connectivity index (χ0) is 14.3. The molecule has 106 valence electrons. The van der Waals surface area contributed by atoms with E-state index in [0.717, 1.165) is 4.88 Å². The molecule has 1 atom stereocenters. The first-order valence-corrected chi connectivity index (χ1v) is 6.87. The van der Waals surface area contributed by atoms with Crippen LogP contribution in [0, 0.1) is 0 Å². The van der Waals surface area contributed by atoms with Crippen LogP contribution in [0.25, 0.3) is 0 Å². The van der Waals surface area contributed by atoms with E-state index in [0.29, 0.717) is 5.13 Å². The molecule has 0 aromatic carbocycles. The van der Waals surface area contributed by atoms with E-state index in [-0.39, 0.29) is 5.41 Å². The molecule has 1 aliphatic rings. The van der Waals surface area contributed by atoms with E-state index >= 15 is 0 Å². The lowest BCUT2D eigenvalue weighted by Crippen LogP contribution is -2.35. The van der Waals surface area contributed by atoms with Crippen molar-refractivity contribution in [3.8, 4) is 0 Å². The van der Waals surface area contributed by atoms with Crippen LogP contribution >= 0.6 is 11.3 Å². The van der Waals surface area contributed by atoms with Gasteiger partial charge in [0.2, 0.25) is 5.91 Å². The molecule has 0 saturated carbocycles. The van der Waals surface area contributed by atoms with Crippen molar-refractivity contribution >= 4 is 22.4 Å². The SMILES string of the molecule is CC(C)(C)c1cnc(NC(=O)C2CC(F)(F)CN2)s1. The normalized spacial score (nSPS) is 22.5. The van der Waals surface area contributed by atoms with Gasteiger partial charge in [0.15, 0.2) is 5.13 Å². The highest BCUT2D eigenvalue weighted by atomic mass is 32.1. The Hall–Kier alpha value is -1.08. The van der Waals surface area contributed by atoms with Gasteiger partial charge in [-0.05, 0) is 5.41 Å². The molecule has 2 rings (SSSR count). The first-order valence-electron chi connectivity index (χ1n) is 6.06.